The number of nitrogens with one attached hydrogen (secondary N) is 1. The van der Waals surface area contributed by atoms with Crippen molar-refractivity contribution in [1.82, 2.24) is 5.32 Å². The number of aliphatic carboxylic acids is 1. The molecule has 6 nitrogen and oxygen atoms in total. The highest BCUT2D eigenvalue weighted by Crippen LogP contribution is 2.28. The Morgan fingerprint density at radius 2 is 1.95 bits per heavy atom. The third-order valence-electron chi connectivity index (χ3n) is 4.50. The van der Waals surface area contributed by atoms with Crippen molar-refractivity contribution in [2.75, 3.05) is 19.8 Å². The number of hydrogen-bond donors (Lipinski definition) is 2. The second-order valence-electron chi connectivity index (χ2n) is 6.31. The van der Waals surface area contributed by atoms with Crippen molar-refractivity contribution in [2.24, 2.45) is 5.92 Å². The molecule has 2 unspecified atom stereocenters. The van der Waals surface area contributed by atoms with Crippen LogP contribution in [0.4, 0.5) is 0 Å². The normalized spacial score (nSPS) is 24.6. The molecular formula is C16H27NO5. The third-order valence-corrected chi connectivity index (χ3v) is 4.50. The molecule has 2 rings (SSSR count). The minimum atomic E-state index is -0.819. The lowest BCUT2D eigenvalue weighted by Gasteiger charge is -2.29. The monoisotopic (exact) mass is 313 g/mol. The van der Waals surface area contributed by atoms with E-state index in [0.717, 1.165) is 6.42 Å². The molecule has 0 aromatic rings. The summed E-state index contributed by atoms with van der Waals surface area (Å²) in [5, 5.41) is 11.9. The zero-order valence-electron chi connectivity index (χ0n) is 13.1. The summed E-state index contributed by atoms with van der Waals surface area (Å²) in [6.45, 7) is 1.23. The first-order valence-electron chi connectivity index (χ1n) is 8.36. The van der Waals surface area contributed by atoms with Gasteiger partial charge in [0.2, 0.25) is 0 Å². The summed E-state index contributed by atoms with van der Waals surface area (Å²) in [4.78, 5) is 23.1. The number of carboxylic acids is 1. The van der Waals surface area contributed by atoms with Crippen LogP contribution in [0.15, 0.2) is 0 Å². The Morgan fingerprint density at radius 1 is 1.18 bits per heavy atom. The van der Waals surface area contributed by atoms with Gasteiger partial charge in [0.25, 0.3) is 5.91 Å². The molecular weight excluding hydrogens is 286 g/mol. The second kappa shape index (κ2) is 9.10. The summed E-state index contributed by atoms with van der Waals surface area (Å²) in [6.07, 6.45) is 7.00. The molecule has 0 aromatic heterocycles. The molecule has 126 valence electrons. The lowest BCUT2D eigenvalue weighted by atomic mass is 9.84. The smallest absolute Gasteiger partial charge is 0.303 e. The van der Waals surface area contributed by atoms with Gasteiger partial charge >= 0.3 is 5.97 Å². The second-order valence-corrected chi connectivity index (χ2v) is 6.31. The number of ether oxygens (including phenoxy) is 2. The molecule has 1 heterocycles. The van der Waals surface area contributed by atoms with Crippen molar-refractivity contribution >= 4 is 11.9 Å². The number of carbonyl (C=O) groups is 2. The first-order valence-corrected chi connectivity index (χ1v) is 8.36. The lowest BCUT2D eigenvalue weighted by molar-refractivity contribution is -0.148. The van der Waals surface area contributed by atoms with Crippen molar-refractivity contribution in [3.05, 3.63) is 0 Å². The minimum absolute atomic E-state index is 0.0830. The van der Waals surface area contributed by atoms with Gasteiger partial charge in [-0.2, -0.15) is 0 Å². The first kappa shape index (κ1) is 17.2. The molecule has 1 saturated heterocycles. The molecule has 22 heavy (non-hydrogen) atoms. The average Bonchev–Trinajstić information content (AvgIpc) is 2.54. The Morgan fingerprint density at radius 3 is 2.59 bits per heavy atom. The topological polar surface area (TPSA) is 84.9 Å². The van der Waals surface area contributed by atoms with Gasteiger partial charge in [-0.3, -0.25) is 9.59 Å². The number of hydrogen-bond acceptors (Lipinski definition) is 4. The van der Waals surface area contributed by atoms with E-state index >= 15 is 0 Å². The van der Waals surface area contributed by atoms with Gasteiger partial charge in [0, 0.05) is 12.5 Å². The fraction of sp³-hybridized carbons (Fsp3) is 0.875. The van der Waals surface area contributed by atoms with E-state index in [1.54, 1.807) is 0 Å². The third kappa shape index (κ3) is 5.93. The van der Waals surface area contributed by atoms with Crippen LogP contribution in [0.25, 0.3) is 0 Å². The van der Waals surface area contributed by atoms with Crippen LogP contribution in [0.5, 0.6) is 0 Å². The van der Waals surface area contributed by atoms with Crippen LogP contribution in [0, 0.1) is 5.92 Å². The molecule has 0 aromatic carbocycles. The molecule has 2 aliphatic rings. The van der Waals surface area contributed by atoms with E-state index < -0.39 is 12.1 Å². The van der Waals surface area contributed by atoms with E-state index in [4.69, 9.17) is 14.6 Å². The Kier molecular flexibility index (Phi) is 7.12. The maximum Gasteiger partial charge on any atom is 0.303 e. The highest BCUT2D eigenvalue weighted by Gasteiger charge is 2.27. The predicted octanol–water partition coefficient (Wildman–Crippen LogP) is 1.72. The van der Waals surface area contributed by atoms with Crippen LogP contribution in [-0.4, -0.2) is 48.9 Å². The summed E-state index contributed by atoms with van der Waals surface area (Å²) < 4.78 is 10.7. The van der Waals surface area contributed by atoms with Crippen molar-refractivity contribution in [3.8, 4) is 0 Å². The molecule has 0 bridgehead atoms. The zero-order chi connectivity index (χ0) is 15.8. The molecule has 2 N–H and O–H groups in total. The van der Waals surface area contributed by atoms with Gasteiger partial charge in [-0.25, -0.2) is 0 Å². The van der Waals surface area contributed by atoms with Crippen LogP contribution in [0.1, 0.15) is 51.4 Å². The van der Waals surface area contributed by atoms with Crippen molar-refractivity contribution < 1.29 is 24.2 Å². The van der Waals surface area contributed by atoms with E-state index in [0.29, 0.717) is 25.6 Å². The summed E-state index contributed by atoms with van der Waals surface area (Å²) in [5.41, 5.74) is 0. The van der Waals surface area contributed by atoms with E-state index in [1.807, 2.05) is 0 Å². The Hall–Kier alpha value is -1.14. The van der Waals surface area contributed by atoms with Gasteiger partial charge < -0.3 is 19.9 Å². The van der Waals surface area contributed by atoms with Gasteiger partial charge in [0.05, 0.1) is 19.8 Å². The Balaban J connectivity index is 1.84. The van der Waals surface area contributed by atoms with Gasteiger partial charge in [0.1, 0.15) is 0 Å². The molecule has 1 amide bonds. The molecule has 6 heteroatoms. The number of carboxylic acid groups (broad SMARTS) is 1. The highest BCUT2D eigenvalue weighted by molar-refractivity contribution is 5.81. The van der Waals surface area contributed by atoms with Crippen LogP contribution in [-0.2, 0) is 19.1 Å². The minimum Gasteiger partial charge on any atom is -0.481 e. The van der Waals surface area contributed by atoms with E-state index in [1.165, 1.54) is 32.1 Å². The van der Waals surface area contributed by atoms with E-state index in [-0.39, 0.29) is 25.0 Å². The van der Waals surface area contributed by atoms with Gasteiger partial charge in [-0.05, 0) is 18.8 Å². The first-order chi connectivity index (χ1) is 10.6. The fourth-order valence-electron chi connectivity index (χ4n) is 3.31. The molecule has 1 aliphatic heterocycles. The number of amides is 1. The summed E-state index contributed by atoms with van der Waals surface area (Å²) >= 11 is 0. The lowest BCUT2D eigenvalue weighted by Crippen LogP contribution is -2.47. The highest BCUT2D eigenvalue weighted by atomic mass is 16.6. The average molecular weight is 313 g/mol. The molecule has 0 radical (unpaired) electrons. The Labute approximate surface area is 131 Å². The molecule has 1 saturated carbocycles. The summed E-state index contributed by atoms with van der Waals surface area (Å²) in [5.74, 6) is -0.401. The summed E-state index contributed by atoms with van der Waals surface area (Å²) in [6, 6.07) is -0.0859. The maximum absolute atomic E-state index is 12.2. The van der Waals surface area contributed by atoms with Gasteiger partial charge in [0.15, 0.2) is 6.10 Å². The molecule has 0 spiro atoms. The van der Waals surface area contributed by atoms with Crippen LogP contribution >= 0.6 is 0 Å². The maximum atomic E-state index is 12.2. The van der Waals surface area contributed by atoms with Crippen molar-refractivity contribution in [2.45, 2.75) is 63.5 Å². The van der Waals surface area contributed by atoms with E-state index in [9.17, 15) is 9.59 Å². The SMILES string of the molecule is O=C(O)CCC(CC1CCCCC1)NC(=O)C1COCCO1. The standard InChI is InChI=1S/C16H27NO5/c18-15(19)7-6-13(10-12-4-2-1-3-5-12)17-16(20)14-11-21-8-9-22-14/h12-14H,1-11H2,(H,17,20)(H,18,19). The van der Waals surface area contributed by atoms with Crippen LogP contribution in [0.3, 0.4) is 0 Å². The van der Waals surface area contributed by atoms with Crippen LogP contribution < -0.4 is 5.32 Å². The van der Waals surface area contributed by atoms with Gasteiger partial charge in [-0.15, -0.1) is 0 Å². The van der Waals surface area contributed by atoms with E-state index in [2.05, 4.69) is 5.32 Å². The van der Waals surface area contributed by atoms with Gasteiger partial charge in [-0.1, -0.05) is 32.1 Å². The van der Waals surface area contributed by atoms with Crippen molar-refractivity contribution in [1.29, 1.82) is 0 Å². The molecule has 1 aliphatic carbocycles. The van der Waals surface area contributed by atoms with Crippen molar-refractivity contribution in [3.63, 3.8) is 0 Å². The predicted molar refractivity (Wildman–Crippen MR) is 80.6 cm³/mol. The fourth-order valence-corrected chi connectivity index (χ4v) is 3.31. The largest absolute Gasteiger partial charge is 0.481 e. The number of rotatable bonds is 7. The quantitative estimate of drug-likeness (QED) is 0.747. The Bertz CT molecular complexity index is 362. The summed E-state index contributed by atoms with van der Waals surface area (Å²) in [7, 11) is 0. The zero-order valence-corrected chi connectivity index (χ0v) is 13.1. The molecule has 2 atom stereocenters. The van der Waals surface area contributed by atoms with Crippen LogP contribution in [0.2, 0.25) is 0 Å². The number of carbonyl (C=O) groups excluding carboxylic acids is 1. The molecule has 2 fully saturated rings.